The van der Waals surface area contributed by atoms with Crippen LogP contribution in [0.2, 0.25) is 0 Å². The van der Waals surface area contributed by atoms with E-state index in [0.717, 1.165) is 0 Å². The minimum atomic E-state index is -3.75. The molecule has 1 aromatic rings. The maximum atomic E-state index is 12.5. The summed E-state index contributed by atoms with van der Waals surface area (Å²) in [4.78, 5) is 12.0. The number of carbonyl (C=O) groups is 1. The van der Waals surface area contributed by atoms with Gasteiger partial charge in [-0.05, 0) is 12.0 Å². The number of nitrogens with one attached hydrogen (secondary N) is 2. The summed E-state index contributed by atoms with van der Waals surface area (Å²) in [5.74, 6) is -0.253. The van der Waals surface area contributed by atoms with Crippen molar-refractivity contribution in [3.8, 4) is 0 Å². The van der Waals surface area contributed by atoms with E-state index in [2.05, 4.69) is 10.6 Å². The molecule has 0 spiro atoms. The summed E-state index contributed by atoms with van der Waals surface area (Å²) in [5.41, 5.74) is 0.959. The van der Waals surface area contributed by atoms with E-state index in [1.54, 1.807) is 18.2 Å². The minimum Gasteiger partial charge on any atom is -0.383 e. The number of carbonyl (C=O) groups excluding carboxylic acids is 1. The first-order valence-electron chi connectivity index (χ1n) is 6.44. The fourth-order valence-corrected chi connectivity index (χ4v) is 3.84. The molecule has 108 valence electrons. The Morgan fingerprint density at radius 3 is 2.50 bits per heavy atom. The lowest BCUT2D eigenvalue weighted by atomic mass is 10.1. The van der Waals surface area contributed by atoms with E-state index < -0.39 is 15.7 Å². The van der Waals surface area contributed by atoms with Crippen LogP contribution in [-0.2, 0) is 14.6 Å². The highest BCUT2D eigenvalue weighted by molar-refractivity contribution is 7.97. The minimum absolute atomic E-state index is 0.185. The summed E-state index contributed by atoms with van der Waals surface area (Å²) in [5, 5.41) is 5.50. The van der Waals surface area contributed by atoms with Crippen molar-refractivity contribution in [2.75, 3.05) is 13.6 Å². The van der Waals surface area contributed by atoms with Crippen molar-refractivity contribution >= 4 is 21.4 Å². The van der Waals surface area contributed by atoms with Gasteiger partial charge in [0.25, 0.3) is 5.91 Å². The Hall–Kier alpha value is -1.82. The van der Waals surface area contributed by atoms with E-state index in [1.807, 2.05) is 13.8 Å². The Bertz CT molecular complexity index is 675. The van der Waals surface area contributed by atoms with Crippen LogP contribution in [-0.4, -0.2) is 27.9 Å². The van der Waals surface area contributed by atoms with Crippen molar-refractivity contribution in [2.45, 2.75) is 18.7 Å². The zero-order chi connectivity index (χ0) is 14.9. The fourth-order valence-electron chi connectivity index (χ4n) is 2.10. The highest BCUT2D eigenvalue weighted by Gasteiger charge is 2.39. The van der Waals surface area contributed by atoms with E-state index in [4.69, 9.17) is 0 Å². The molecule has 1 aromatic carbocycles. The molecule has 0 aliphatic carbocycles. The quantitative estimate of drug-likeness (QED) is 0.873. The number of hydrogen-bond acceptors (Lipinski definition) is 4. The maximum Gasteiger partial charge on any atom is 0.265 e. The molecule has 20 heavy (non-hydrogen) atoms. The molecule has 5 nitrogen and oxygen atoms in total. The Balaban J connectivity index is 2.61. The van der Waals surface area contributed by atoms with Gasteiger partial charge in [-0.15, -0.1) is 0 Å². The van der Waals surface area contributed by atoms with Gasteiger partial charge in [0.05, 0.1) is 10.6 Å². The number of rotatable bonds is 4. The topological polar surface area (TPSA) is 75.3 Å². The molecule has 2 N–H and O–H groups in total. The molecule has 1 heterocycles. The molecule has 0 saturated heterocycles. The summed E-state index contributed by atoms with van der Waals surface area (Å²) < 4.78 is 25.0. The molecule has 0 radical (unpaired) electrons. The molecule has 0 aromatic heterocycles. The molecule has 1 aliphatic heterocycles. The molecule has 0 atom stereocenters. The summed E-state index contributed by atoms with van der Waals surface area (Å²) in [6.07, 6.45) is 0. The lowest BCUT2D eigenvalue weighted by molar-refractivity contribution is -0.116. The smallest absolute Gasteiger partial charge is 0.265 e. The predicted octanol–water partition coefficient (Wildman–Crippen LogP) is 1.13. The van der Waals surface area contributed by atoms with Gasteiger partial charge in [0.1, 0.15) is 0 Å². The third-order valence-electron chi connectivity index (χ3n) is 3.06. The maximum absolute atomic E-state index is 12.5. The monoisotopic (exact) mass is 294 g/mol. The van der Waals surface area contributed by atoms with Crippen molar-refractivity contribution in [1.82, 2.24) is 10.6 Å². The van der Waals surface area contributed by atoms with Crippen LogP contribution in [0.4, 0.5) is 0 Å². The first kappa shape index (κ1) is 14.6. The van der Waals surface area contributed by atoms with Gasteiger partial charge in [-0.1, -0.05) is 32.0 Å². The zero-order valence-corrected chi connectivity index (χ0v) is 12.5. The van der Waals surface area contributed by atoms with E-state index in [9.17, 15) is 13.2 Å². The van der Waals surface area contributed by atoms with E-state index in [1.165, 1.54) is 13.1 Å². The molecular weight excluding hydrogens is 276 g/mol. The normalized spacial score (nSPS) is 16.2. The van der Waals surface area contributed by atoms with Crippen LogP contribution >= 0.6 is 0 Å². The van der Waals surface area contributed by atoms with Crippen LogP contribution in [0.5, 0.6) is 0 Å². The van der Waals surface area contributed by atoms with Crippen LogP contribution in [0.25, 0.3) is 5.70 Å². The van der Waals surface area contributed by atoms with Gasteiger partial charge in [-0.3, -0.25) is 4.79 Å². The summed E-state index contributed by atoms with van der Waals surface area (Å²) in [6.45, 7) is 4.63. The van der Waals surface area contributed by atoms with Crippen LogP contribution in [0.15, 0.2) is 34.1 Å². The third-order valence-corrected chi connectivity index (χ3v) is 4.92. The van der Waals surface area contributed by atoms with E-state index >= 15 is 0 Å². The average Bonchev–Trinajstić information content (AvgIpc) is 2.64. The highest BCUT2D eigenvalue weighted by atomic mass is 32.2. The SMILES string of the molecule is CNC(=O)C1=C(NCC(C)C)c2ccccc2S1(=O)=O. The number of hydrogen-bond donors (Lipinski definition) is 2. The van der Waals surface area contributed by atoms with Gasteiger partial charge in [0.2, 0.25) is 9.84 Å². The van der Waals surface area contributed by atoms with E-state index in [-0.39, 0.29) is 9.80 Å². The van der Waals surface area contributed by atoms with Crippen LogP contribution in [0.3, 0.4) is 0 Å². The Kier molecular flexibility index (Phi) is 3.85. The molecule has 6 heteroatoms. The Labute approximate surface area is 119 Å². The van der Waals surface area contributed by atoms with Crippen LogP contribution < -0.4 is 10.6 Å². The van der Waals surface area contributed by atoms with Crippen molar-refractivity contribution < 1.29 is 13.2 Å². The molecule has 1 amide bonds. The second-order valence-corrected chi connectivity index (χ2v) is 6.91. The fraction of sp³-hybridized carbons (Fsp3) is 0.357. The number of fused-ring (bicyclic) bond motifs is 1. The van der Waals surface area contributed by atoms with Crippen LogP contribution in [0.1, 0.15) is 19.4 Å². The average molecular weight is 294 g/mol. The molecule has 2 rings (SSSR count). The summed E-state index contributed by atoms with van der Waals surface area (Å²) >= 11 is 0. The number of sulfone groups is 1. The number of amides is 1. The van der Waals surface area contributed by atoms with Gasteiger partial charge in [-0.25, -0.2) is 8.42 Å². The third kappa shape index (κ3) is 2.31. The first-order chi connectivity index (χ1) is 9.39. The number of benzene rings is 1. The zero-order valence-electron chi connectivity index (χ0n) is 11.7. The van der Waals surface area contributed by atoms with Crippen molar-refractivity contribution in [2.24, 2.45) is 5.92 Å². The predicted molar refractivity (Wildman–Crippen MR) is 77.5 cm³/mol. The number of likely N-dealkylation sites (N-methyl/N-ethyl adjacent to an activating group) is 1. The summed E-state index contributed by atoms with van der Waals surface area (Å²) in [6, 6.07) is 6.66. The van der Waals surface area contributed by atoms with Crippen molar-refractivity contribution in [1.29, 1.82) is 0 Å². The van der Waals surface area contributed by atoms with E-state index in [0.29, 0.717) is 23.7 Å². The Morgan fingerprint density at radius 2 is 1.90 bits per heavy atom. The largest absolute Gasteiger partial charge is 0.383 e. The van der Waals surface area contributed by atoms with Gasteiger partial charge in [-0.2, -0.15) is 0 Å². The second-order valence-electron chi connectivity index (χ2n) is 5.06. The van der Waals surface area contributed by atoms with Gasteiger partial charge < -0.3 is 10.6 Å². The van der Waals surface area contributed by atoms with Gasteiger partial charge in [0.15, 0.2) is 4.91 Å². The molecule has 0 unspecified atom stereocenters. The molecule has 1 aliphatic rings. The van der Waals surface area contributed by atoms with Gasteiger partial charge >= 0.3 is 0 Å². The van der Waals surface area contributed by atoms with Gasteiger partial charge in [0, 0.05) is 19.2 Å². The molecule has 0 saturated carbocycles. The van der Waals surface area contributed by atoms with Crippen molar-refractivity contribution in [3.05, 3.63) is 34.7 Å². The molecule has 0 fully saturated rings. The standard InChI is InChI=1S/C14H18N2O3S/c1-9(2)8-16-12-10-6-4-5-7-11(10)20(18,19)13(12)14(17)15-3/h4-7,9,16H,8H2,1-3H3,(H,15,17). The van der Waals surface area contributed by atoms with Crippen molar-refractivity contribution in [3.63, 3.8) is 0 Å². The second kappa shape index (κ2) is 5.28. The lowest BCUT2D eigenvalue weighted by Crippen LogP contribution is -2.27. The first-order valence-corrected chi connectivity index (χ1v) is 7.92. The van der Waals surface area contributed by atoms with Crippen LogP contribution in [0, 0.1) is 5.92 Å². The lowest BCUT2D eigenvalue weighted by Gasteiger charge is -2.12. The summed E-state index contributed by atoms with van der Waals surface area (Å²) in [7, 11) is -2.33. The molecule has 0 bridgehead atoms. The highest BCUT2D eigenvalue weighted by Crippen LogP contribution is 2.37. The Morgan fingerprint density at radius 1 is 1.25 bits per heavy atom. The molecular formula is C14H18N2O3S.